The third-order valence-corrected chi connectivity index (χ3v) is 5.84. The molecule has 0 aliphatic rings. The number of thiazole rings is 1. The fourth-order valence-corrected chi connectivity index (χ4v) is 4.15. The fraction of sp³-hybridized carbons (Fsp3) is 0.348. The Balaban J connectivity index is 2.07. The number of ether oxygens (including phenoxy) is 1. The van der Waals surface area contributed by atoms with Gasteiger partial charge in [-0.2, -0.15) is 4.99 Å². The van der Waals surface area contributed by atoms with Crippen LogP contribution in [-0.2, 0) is 16.1 Å². The lowest BCUT2D eigenvalue weighted by Gasteiger charge is -2.11. The van der Waals surface area contributed by atoms with Gasteiger partial charge in [0.15, 0.2) is 4.80 Å². The average molecular weight is 426 g/mol. The molecule has 1 heterocycles. The number of amides is 1. The van der Waals surface area contributed by atoms with Crippen LogP contribution in [0.2, 0.25) is 0 Å². The van der Waals surface area contributed by atoms with Crippen LogP contribution in [-0.4, -0.2) is 37.1 Å². The minimum atomic E-state index is -0.352. The smallest absolute Gasteiger partial charge is 0.326 e. The first-order chi connectivity index (χ1) is 14.3. The monoisotopic (exact) mass is 425 g/mol. The Morgan fingerprint density at radius 1 is 1.13 bits per heavy atom. The van der Waals surface area contributed by atoms with Crippen molar-refractivity contribution >= 4 is 39.1 Å². The van der Waals surface area contributed by atoms with E-state index in [1.807, 2.05) is 43.3 Å². The Labute approximate surface area is 180 Å². The molecule has 0 spiro atoms. The maximum atomic E-state index is 12.8. The van der Waals surface area contributed by atoms with Crippen molar-refractivity contribution in [1.29, 1.82) is 0 Å². The highest BCUT2D eigenvalue weighted by Gasteiger charge is 2.14. The summed E-state index contributed by atoms with van der Waals surface area (Å²) in [6, 6.07) is 13.4. The standard InChI is InChI=1S/C23H27N3O3S/c1-6-29-21(27)14-26-19-12-9-17(15(2)3)13-20(19)30-23(26)24-22(28)16-7-10-18(11-8-16)25(4)5/h7-13,15H,6,14H2,1-5H3. The molecular formula is C23H27N3O3S. The van der Waals surface area contributed by atoms with Crippen molar-refractivity contribution in [2.45, 2.75) is 33.2 Å². The second kappa shape index (κ2) is 9.26. The van der Waals surface area contributed by atoms with Gasteiger partial charge in [-0.15, -0.1) is 0 Å². The van der Waals surface area contributed by atoms with Crippen molar-refractivity contribution in [3.8, 4) is 0 Å². The average Bonchev–Trinajstić information content (AvgIpc) is 3.04. The third-order valence-electron chi connectivity index (χ3n) is 4.79. The van der Waals surface area contributed by atoms with E-state index < -0.39 is 0 Å². The van der Waals surface area contributed by atoms with Crippen LogP contribution in [0.15, 0.2) is 47.5 Å². The van der Waals surface area contributed by atoms with Crippen molar-refractivity contribution in [3.63, 3.8) is 0 Å². The fourth-order valence-electron chi connectivity index (χ4n) is 3.08. The second-order valence-electron chi connectivity index (χ2n) is 7.52. The summed E-state index contributed by atoms with van der Waals surface area (Å²) in [7, 11) is 3.89. The van der Waals surface area contributed by atoms with E-state index in [2.05, 4.69) is 24.9 Å². The number of hydrogen-bond donors (Lipinski definition) is 0. The van der Waals surface area contributed by atoms with Crippen LogP contribution in [0.1, 0.15) is 42.6 Å². The van der Waals surface area contributed by atoms with E-state index in [0.29, 0.717) is 22.9 Å². The lowest BCUT2D eigenvalue weighted by molar-refractivity contribution is -0.143. The van der Waals surface area contributed by atoms with Crippen LogP contribution in [0.3, 0.4) is 0 Å². The quantitative estimate of drug-likeness (QED) is 0.556. The van der Waals surface area contributed by atoms with Gasteiger partial charge in [0.1, 0.15) is 6.54 Å². The molecule has 0 aliphatic heterocycles. The summed E-state index contributed by atoms with van der Waals surface area (Å²) in [6.07, 6.45) is 0. The molecule has 0 saturated heterocycles. The summed E-state index contributed by atoms with van der Waals surface area (Å²) in [5.74, 6) is -0.310. The van der Waals surface area contributed by atoms with Gasteiger partial charge < -0.3 is 14.2 Å². The maximum absolute atomic E-state index is 12.8. The van der Waals surface area contributed by atoms with Crippen molar-refractivity contribution in [1.82, 2.24) is 4.57 Å². The van der Waals surface area contributed by atoms with E-state index in [-0.39, 0.29) is 18.4 Å². The number of rotatable bonds is 6. The van der Waals surface area contributed by atoms with Gasteiger partial charge in [0, 0.05) is 25.3 Å². The normalized spacial score (nSPS) is 11.9. The number of hydrogen-bond acceptors (Lipinski definition) is 5. The summed E-state index contributed by atoms with van der Waals surface area (Å²) >= 11 is 1.41. The van der Waals surface area contributed by atoms with Gasteiger partial charge in [0.05, 0.1) is 16.8 Å². The van der Waals surface area contributed by atoms with E-state index in [1.165, 1.54) is 16.9 Å². The summed E-state index contributed by atoms with van der Waals surface area (Å²) < 4.78 is 7.86. The molecule has 0 radical (unpaired) electrons. The number of benzene rings is 2. The summed E-state index contributed by atoms with van der Waals surface area (Å²) in [6.45, 7) is 6.36. The predicted octanol–water partition coefficient (Wildman–Crippen LogP) is 4.20. The Bertz CT molecular complexity index is 1120. The SMILES string of the molecule is CCOC(=O)Cn1c(=NC(=O)c2ccc(N(C)C)cc2)sc2cc(C(C)C)ccc21. The predicted molar refractivity (Wildman–Crippen MR) is 121 cm³/mol. The van der Waals surface area contributed by atoms with Gasteiger partial charge in [0.25, 0.3) is 5.91 Å². The van der Waals surface area contributed by atoms with Gasteiger partial charge in [-0.05, 0) is 54.8 Å². The zero-order valence-electron chi connectivity index (χ0n) is 18.0. The molecule has 3 aromatic rings. The zero-order valence-corrected chi connectivity index (χ0v) is 18.8. The highest BCUT2D eigenvalue weighted by molar-refractivity contribution is 7.16. The number of anilines is 1. The molecule has 158 valence electrons. The topological polar surface area (TPSA) is 63.9 Å². The first-order valence-corrected chi connectivity index (χ1v) is 10.8. The van der Waals surface area contributed by atoms with E-state index in [1.54, 1.807) is 23.6 Å². The molecule has 6 nitrogen and oxygen atoms in total. The highest BCUT2D eigenvalue weighted by atomic mass is 32.1. The number of carbonyl (C=O) groups is 2. The van der Waals surface area contributed by atoms with Crippen LogP contribution < -0.4 is 9.70 Å². The molecule has 0 saturated carbocycles. The van der Waals surface area contributed by atoms with Crippen molar-refractivity contribution in [2.24, 2.45) is 4.99 Å². The molecule has 0 bridgehead atoms. The molecule has 0 fully saturated rings. The molecule has 2 aromatic carbocycles. The Hall–Kier alpha value is -2.93. The molecule has 0 unspecified atom stereocenters. The van der Waals surface area contributed by atoms with E-state index >= 15 is 0 Å². The summed E-state index contributed by atoms with van der Waals surface area (Å²) in [4.78, 5) is 31.8. The summed E-state index contributed by atoms with van der Waals surface area (Å²) in [5.41, 5.74) is 3.58. The van der Waals surface area contributed by atoms with Crippen molar-refractivity contribution in [3.05, 3.63) is 58.4 Å². The van der Waals surface area contributed by atoms with Gasteiger partial charge in [-0.3, -0.25) is 9.59 Å². The Morgan fingerprint density at radius 2 is 1.83 bits per heavy atom. The summed E-state index contributed by atoms with van der Waals surface area (Å²) in [5, 5.41) is 0. The van der Waals surface area contributed by atoms with Crippen molar-refractivity contribution in [2.75, 3.05) is 25.6 Å². The molecule has 30 heavy (non-hydrogen) atoms. The first-order valence-electron chi connectivity index (χ1n) is 9.95. The molecule has 1 aromatic heterocycles. The highest BCUT2D eigenvalue weighted by Crippen LogP contribution is 2.24. The van der Waals surface area contributed by atoms with Crippen LogP contribution in [0, 0.1) is 0 Å². The molecular weight excluding hydrogens is 398 g/mol. The maximum Gasteiger partial charge on any atom is 0.326 e. The van der Waals surface area contributed by atoms with Gasteiger partial charge >= 0.3 is 5.97 Å². The van der Waals surface area contributed by atoms with E-state index in [0.717, 1.165) is 15.9 Å². The molecule has 0 aliphatic carbocycles. The number of carbonyl (C=O) groups excluding carboxylic acids is 2. The second-order valence-corrected chi connectivity index (χ2v) is 8.53. The third kappa shape index (κ3) is 4.79. The molecule has 0 atom stereocenters. The largest absolute Gasteiger partial charge is 0.465 e. The number of nitrogens with zero attached hydrogens (tertiary/aromatic N) is 3. The minimum Gasteiger partial charge on any atom is -0.465 e. The number of aromatic nitrogens is 1. The van der Waals surface area contributed by atoms with E-state index in [9.17, 15) is 9.59 Å². The van der Waals surface area contributed by atoms with Crippen LogP contribution in [0.5, 0.6) is 0 Å². The molecule has 0 N–H and O–H groups in total. The Morgan fingerprint density at radius 3 is 2.43 bits per heavy atom. The van der Waals surface area contributed by atoms with Gasteiger partial charge in [-0.1, -0.05) is 31.3 Å². The van der Waals surface area contributed by atoms with E-state index in [4.69, 9.17) is 4.74 Å². The van der Waals surface area contributed by atoms with Crippen molar-refractivity contribution < 1.29 is 14.3 Å². The number of esters is 1. The lowest BCUT2D eigenvalue weighted by atomic mass is 10.0. The van der Waals surface area contributed by atoms with Gasteiger partial charge in [0.2, 0.25) is 0 Å². The Kier molecular flexibility index (Phi) is 6.72. The molecule has 7 heteroatoms. The van der Waals surface area contributed by atoms with Crippen LogP contribution in [0.4, 0.5) is 5.69 Å². The first kappa shape index (κ1) is 21.8. The number of fused-ring (bicyclic) bond motifs is 1. The molecule has 3 rings (SSSR count). The van der Waals surface area contributed by atoms with Gasteiger partial charge in [-0.25, -0.2) is 0 Å². The zero-order chi connectivity index (χ0) is 21.8. The lowest BCUT2D eigenvalue weighted by Crippen LogP contribution is -2.23. The van der Waals surface area contributed by atoms with Crippen LogP contribution in [0.25, 0.3) is 10.2 Å². The minimum absolute atomic E-state index is 0.0144. The van der Waals surface area contributed by atoms with Crippen LogP contribution >= 0.6 is 11.3 Å². The molecule has 1 amide bonds.